The maximum atomic E-state index is 10.9. The molecule has 0 unspecified atom stereocenters. The molecule has 0 spiro atoms. The minimum absolute atomic E-state index is 0.177. The van der Waals surface area contributed by atoms with E-state index in [1.165, 1.54) is 7.11 Å². The monoisotopic (exact) mass is 183 g/mol. The molecule has 0 amide bonds. The molecule has 0 radical (unpaired) electrons. The van der Waals surface area contributed by atoms with Gasteiger partial charge in [-0.3, -0.25) is 9.48 Å². The van der Waals surface area contributed by atoms with E-state index in [0.717, 1.165) is 5.69 Å². The summed E-state index contributed by atoms with van der Waals surface area (Å²) in [5.41, 5.74) is 6.58. The zero-order valence-corrected chi connectivity index (χ0v) is 7.73. The molecule has 0 bridgehead atoms. The average molecular weight is 183 g/mol. The number of methoxy groups -OCH3 is 1. The second kappa shape index (κ2) is 4.04. The van der Waals surface area contributed by atoms with Gasteiger partial charge in [0.05, 0.1) is 25.3 Å². The van der Waals surface area contributed by atoms with Crippen LogP contribution in [0.4, 0.5) is 0 Å². The third-order valence-corrected chi connectivity index (χ3v) is 1.85. The minimum atomic E-state index is -0.347. The summed E-state index contributed by atoms with van der Waals surface area (Å²) in [5.74, 6) is -0.311. The van der Waals surface area contributed by atoms with E-state index in [0.29, 0.717) is 0 Å². The van der Waals surface area contributed by atoms with Crippen molar-refractivity contribution in [3.05, 3.63) is 18.0 Å². The molecular weight excluding hydrogens is 170 g/mol. The molecule has 2 N–H and O–H groups in total. The van der Waals surface area contributed by atoms with Gasteiger partial charge in [-0.1, -0.05) is 0 Å². The molecule has 1 aromatic heterocycles. The van der Waals surface area contributed by atoms with E-state index in [4.69, 9.17) is 5.73 Å². The Bertz CT molecular complexity index is 295. The Morgan fingerprint density at radius 1 is 1.85 bits per heavy atom. The number of carbonyl (C=O) groups excluding carboxylic acids is 1. The van der Waals surface area contributed by atoms with Gasteiger partial charge in [0.25, 0.3) is 0 Å². The standard InChI is InChI=1S/C8H13N3O2/c1-11-7(3-4-10-11)6(9)5-8(12)13-2/h3-4,6H,5,9H2,1-2H3/t6-/m1/s1. The molecule has 0 aliphatic rings. The number of nitrogens with zero attached hydrogens (tertiary/aromatic N) is 2. The van der Waals surface area contributed by atoms with Crippen LogP contribution in [0.3, 0.4) is 0 Å². The first-order valence-corrected chi connectivity index (χ1v) is 3.95. The average Bonchev–Trinajstić information content (AvgIpc) is 2.51. The van der Waals surface area contributed by atoms with Crippen molar-refractivity contribution < 1.29 is 9.53 Å². The van der Waals surface area contributed by atoms with E-state index in [2.05, 4.69) is 9.84 Å². The Hall–Kier alpha value is -1.36. The van der Waals surface area contributed by atoms with E-state index in [9.17, 15) is 4.79 Å². The van der Waals surface area contributed by atoms with Crippen LogP contribution in [0.2, 0.25) is 0 Å². The Labute approximate surface area is 76.5 Å². The van der Waals surface area contributed by atoms with Gasteiger partial charge in [0.15, 0.2) is 0 Å². The fraction of sp³-hybridized carbons (Fsp3) is 0.500. The third-order valence-electron chi connectivity index (χ3n) is 1.85. The molecule has 5 heteroatoms. The van der Waals surface area contributed by atoms with Crippen LogP contribution in [-0.2, 0) is 16.6 Å². The summed E-state index contributed by atoms with van der Waals surface area (Å²) in [6.45, 7) is 0. The molecule has 1 heterocycles. The smallest absolute Gasteiger partial charge is 0.307 e. The molecule has 0 aliphatic heterocycles. The number of nitrogens with two attached hydrogens (primary N) is 1. The van der Waals surface area contributed by atoms with Crippen molar-refractivity contribution >= 4 is 5.97 Å². The van der Waals surface area contributed by atoms with Gasteiger partial charge < -0.3 is 10.5 Å². The lowest BCUT2D eigenvalue weighted by Crippen LogP contribution is -2.19. The van der Waals surface area contributed by atoms with Crippen LogP contribution in [0, 0.1) is 0 Å². The quantitative estimate of drug-likeness (QED) is 0.669. The number of esters is 1. The van der Waals surface area contributed by atoms with Crippen molar-refractivity contribution in [3.63, 3.8) is 0 Å². The SMILES string of the molecule is COC(=O)C[C@@H](N)c1ccnn1C. The first kappa shape index (κ1) is 9.73. The molecule has 0 aliphatic carbocycles. The zero-order valence-electron chi connectivity index (χ0n) is 7.73. The highest BCUT2D eigenvalue weighted by Gasteiger charge is 2.14. The molecule has 5 nitrogen and oxygen atoms in total. The zero-order chi connectivity index (χ0) is 9.84. The van der Waals surface area contributed by atoms with Crippen molar-refractivity contribution in [2.75, 3.05) is 7.11 Å². The second-order valence-electron chi connectivity index (χ2n) is 2.77. The Kier molecular flexibility index (Phi) is 3.02. The highest BCUT2D eigenvalue weighted by Crippen LogP contribution is 2.12. The van der Waals surface area contributed by atoms with Crippen molar-refractivity contribution in [2.24, 2.45) is 12.8 Å². The molecule has 72 valence electrons. The van der Waals surface area contributed by atoms with E-state index in [-0.39, 0.29) is 18.4 Å². The molecule has 0 fully saturated rings. The third kappa shape index (κ3) is 2.29. The highest BCUT2D eigenvalue weighted by molar-refractivity contribution is 5.70. The van der Waals surface area contributed by atoms with Crippen molar-refractivity contribution in [1.29, 1.82) is 0 Å². The molecule has 0 aromatic carbocycles. The van der Waals surface area contributed by atoms with Gasteiger partial charge in [-0.25, -0.2) is 0 Å². The first-order valence-electron chi connectivity index (χ1n) is 3.95. The molecule has 13 heavy (non-hydrogen) atoms. The fourth-order valence-corrected chi connectivity index (χ4v) is 1.12. The molecule has 1 aromatic rings. The number of rotatable bonds is 3. The summed E-state index contributed by atoms with van der Waals surface area (Å²) in [7, 11) is 3.13. The normalized spacial score (nSPS) is 12.5. The lowest BCUT2D eigenvalue weighted by molar-refractivity contribution is -0.141. The molecule has 1 rings (SSSR count). The van der Waals surface area contributed by atoms with E-state index < -0.39 is 0 Å². The number of carbonyl (C=O) groups is 1. The van der Waals surface area contributed by atoms with E-state index in [1.54, 1.807) is 24.0 Å². The van der Waals surface area contributed by atoms with Gasteiger partial charge in [0, 0.05) is 13.2 Å². The maximum Gasteiger partial charge on any atom is 0.307 e. The molecule has 1 atom stereocenters. The van der Waals surface area contributed by atoms with E-state index in [1.807, 2.05) is 0 Å². The van der Waals surface area contributed by atoms with Crippen LogP contribution in [0.1, 0.15) is 18.2 Å². The van der Waals surface area contributed by atoms with Gasteiger partial charge in [-0.15, -0.1) is 0 Å². The summed E-state index contributed by atoms with van der Waals surface area (Å²) >= 11 is 0. The lowest BCUT2D eigenvalue weighted by Gasteiger charge is -2.09. The van der Waals surface area contributed by atoms with Crippen molar-refractivity contribution in [2.45, 2.75) is 12.5 Å². The largest absolute Gasteiger partial charge is 0.469 e. The minimum Gasteiger partial charge on any atom is -0.469 e. The number of aryl methyl sites for hydroxylation is 1. The van der Waals surface area contributed by atoms with E-state index >= 15 is 0 Å². The second-order valence-corrected chi connectivity index (χ2v) is 2.77. The highest BCUT2D eigenvalue weighted by atomic mass is 16.5. The van der Waals surface area contributed by atoms with Crippen molar-refractivity contribution in [1.82, 2.24) is 9.78 Å². The topological polar surface area (TPSA) is 70.1 Å². The number of aromatic nitrogens is 2. The van der Waals surface area contributed by atoms with Crippen LogP contribution in [0.25, 0.3) is 0 Å². The lowest BCUT2D eigenvalue weighted by atomic mass is 10.1. The summed E-state index contributed by atoms with van der Waals surface area (Å²) in [6.07, 6.45) is 1.82. The number of ether oxygens (including phenoxy) is 1. The fourth-order valence-electron chi connectivity index (χ4n) is 1.12. The first-order chi connectivity index (χ1) is 6.15. The van der Waals surface area contributed by atoms with Gasteiger partial charge in [-0.05, 0) is 6.07 Å². The predicted molar refractivity (Wildman–Crippen MR) is 46.8 cm³/mol. The van der Waals surface area contributed by atoms with Gasteiger partial charge in [-0.2, -0.15) is 5.10 Å². The van der Waals surface area contributed by atoms with Gasteiger partial charge in [0.1, 0.15) is 0 Å². The van der Waals surface area contributed by atoms with Gasteiger partial charge in [0.2, 0.25) is 0 Å². The van der Waals surface area contributed by atoms with Crippen LogP contribution in [0.15, 0.2) is 12.3 Å². The Morgan fingerprint density at radius 2 is 2.54 bits per heavy atom. The maximum absolute atomic E-state index is 10.9. The van der Waals surface area contributed by atoms with Crippen LogP contribution in [-0.4, -0.2) is 22.9 Å². The number of hydrogen-bond acceptors (Lipinski definition) is 4. The van der Waals surface area contributed by atoms with Crippen molar-refractivity contribution in [3.8, 4) is 0 Å². The molecule has 0 saturated heterocycles. The van der Waals surface area contributed by atoms with Gasteiger partial charge >= 0.3 is 5.97 Å². The summed E-state index contributed by atoms with van der Waals surface area (Å²) < 4.78 is 6.16. The number of hydrogen-bond donors (Lipinski definition) is 1. The Morgan fingerprint density at radius 3 is 3.00 bits per heavy atom. The van der Waals surface area contributed by atoms with Crippen LogP contribution < -0.4 is 5.73 Å². The molecule has 0 saturated carbocycles. The predicted octanol–water partition coefficient (Wildman–Crippen LogP) is -0.0170. The summed E-state index contributed by atoms with van der Waals surface area (Å²) in [5, 5.41) is 3.96. The summed E-state index contributed by atoms with van der Waals surface area (Å²) in [4.78, 5) is 10.9. The summed E-state index contributed by atoms with van der Waals surface area (Å²) in [6, 6.07) is 1.44. The molecular formula is C8H13N3O2. The van der Waals surface area contributed by atoms with Crippen LogP contribution >= 0.6 is 0 Å². The van der Waals surface area contributed by atoms with Crippen LogP contribution in [0.5, 0.6) is 0 Å². The Balaban J connectivity index is 2.63.